The number of amides is 1. The number of aliphatic carboxylic acids is 1. The number of hydrogen-bond donors (Lipinski definition) is 2. The molecule has 0 saturated heterocycles. The van der Waals surface area contributed by atoms with E-state index in [1.165, 1.54) is 11.3 Å². The molecule has 0 aliphatic carbocycles. The molecule has 0 saturated carbocycles. The summed E-state index contributed by atoms with van der Waals surface area (Å²) >= 11 is 1.44. The van der Waals surface area contributed by atoms with Gasteiger partial charge in [-0.15, -0.1) is 0 Å². The van der Waals surface area contributed by atoms with E-state index in [4.69, 9.17) is 0 Å². The third-order valence-electron chi connectivity index (χ3n) is 3.24. The van der Waals surface area contributed by atoms with Crippen LogP contribution in [0.4, 0.5) is 0 Å². The highest BCUT2D eigenvalue weighted by Crippen LogP contribution is 2.11. The van der Waals surface area contributed by atoms with Crippen LogP contribution < -0.4 is 5.32 Å². The third kappa shape index (κ3) is 4.43. The largest absolute Gasteiger partial charge is 0.481 e. The lowest BCUT2D eigenvalue weighted by atomic mass is 9.98. The number of carbonyl (C=O) groups is 2. The van der Waals surface area contributed by atoms with Crippen LogP contribution in [0.25, 0.3) is 0 Å². The molecule has 4 nitrogen and oxygen atoms in total. The van der Waals surface area contributed by atoms with Crippen molar-refractivity contribution in [1.29, 1.82) is 0 Å². The van der Waals surface area contributed by atoms with E-state index in [2.05, 4.69) is 5.32 Å². The molecule has 1 atom stereocenters. The standard InChI is InChI=1S/C16H17NO3S/c1-11-2-4-12(5-3-11)8-14(16(19)20)9-17-15(18)13-6-7-21-10-13/h2-7,10,14H,8-9H2,1H3,(H,17,18)(H,19,20)/t14-/m0/s1. The molecule has 1 aromatic carbocycles. The van der Waals surface area contributed by atoms with Crippen molar-refractivity contribution in [2.75, 3.05) is 6.54 Å². The highest BCUT2D eigenvalue weighted by Gasteiger charge is 2.19. The summed E-state index contributed by atoms with van der Waals surface area (Å²) in [5.74, 6) is -1.76. The molecule has 110 valence electrons. The monoisotopic (exact) mass is 303 g/mol. The minimum atomic E-state index is -0.902. The van der Waals surface area contributed by atoms with Gasteiger partial charge >= 0.3 is 5.97 Å². The Bertz CT molecular complexity index is 605. The number of rotatable bonds is 6. The number of benzene rings is 1. The Kier molecular flexibility index (Phi) is 5.11. The first-order valence-corrected chi connectivity index (χ1v) is 7.59. The van der Waals surface area contributed by atoms with E-state index in [9.17, 15) is 14.7 Å². The second-order valence-corrected chi connectivity index (χ2v) is 5.73. The molecule has 0 bridgehead atoms. The van der Waals surface area contributed by atoms with E-state index >= 15 is 0 Å². The molecule has 0 unspecified atom stereocenters. The van der Waals surface area contributed by atoms with Gasteiger partial charge in [-0.1, -0.05) is 29.8 Å². The van der Waals surface area contributed by atoms with Gasteiger partial charge in [0.25, 0.3) is 5.91 Å². The van der Waals surface area contributed by atoms with Crippen molar-refractivity contribution in [1.82, 2.24) is 5.32 Å². The first kappa shape index (κ1) is 15.3. The van der Waals surface area contributed by atoms with E-state index < -0.39 is 11.9 Å². The average molecular weight is 303 g/mol. The summed E-state index contributed by atoms with van der Waals surface area (Å²) in [6, 6.07) is 9.48. The predicted molar refractivity (Wildman–Crippen MR) is 82.7 cm³/mol. The Morgan fingerprint density at radius 2 is 1.95 bits per heavy atom. The molecular formula is C16H17NO3S. The molecule has 0 aliphatic rings. The van der Waals surface area contributed by atoms with Crippen LogP contribution in [-0.2, 0) is 11.2 Å². The van der Waals surface area contributed by atoms with E-state index in [1.54, 1.807) is 11.4 Å². The van der Waals surface area contributed by atoms with Crippen molar-refractivity contribution in [3.63, 3.8) is 0 Å². The van der Waals surface area contributed by atoms with Gasteiger partial charge < -0.3 is 10.4 Å². The Labute approximate surface area is 127 Å². The van der Waals surface area contributed by atoms with Crippen molar-refractivity contribution in [3.8, 4) is 0 Å². The van der Waals surface area contributed by atoms with Crippen LogP contribution in [0.2, 0.25) is 0 Å². The van der Waals surface area contributed by atoms with Crippen molar-refractivity contribution in [2.45, 2.75) is 13.3 Å². The zero-order valence-electron chi connectivity index (χ0n) is 11.7. The average Bonchev–Trinajstić information content (AvgIpc) is 2.99. The Balaban J connectivity index is 1.94. The zero-order chi connectivity index (χ0) is 15.2. The van der Waals surface area contributed by atoms with Crippen molar-refractivity contribution in [3.05, 3.63) is 57.8 Å². The fourth-order valence-electron chi connectivity index (χ4n) is 1.97. The quantitative estimate of drug-likeness (QED) is 0.862. The van der Waals surface area contributed by atoms with E-state index in [1.807, 2.05) is 36.6 Å². The molecule has 1 aromatic heterocycles. The summed E-state index contributed by atoms with van der Waals surface area (Å²) in [5, 5.41) is 15.5. The molecule has 0 spiro atoms. The molecule has 2 N–H and O–H groups in total. The van der Waals surface area contributed by atoms with Gasteiger partial charge in [-0.25, -0.2) is 0 Å². The predicted octanol–water partition coefficient (Wildman–Crippen LogP) is 2.73. The van der Waals surface area contributed by atoms with Gasteiger partial charge in [0, 0.05) is 17.5 Å². The van der Waals surface area contributed by atoms with Crippen LogP contribution in [0.1, 0.15) is 21.5 Å². The Hall–Kier alpha value is -2.14. The molecule has 1 amide bonds. The van der Waals surface area contributed by atoms with E-state index in [0.29, 0.717) is 12.0 Å². The SMILES string of the molecule is Cc1ccc(C[C@@H](CNC(=O)c2ccsc2)C(=O)O)cc1. The van der Waals surface area contributed by atoms with Crippen LogP contribution in [0.3, 0.4) is 0 Å². The molecule has 0 aliphatic heterocycles. The molecule has 21 heavy (non-hydrogen) atoms. The lowest BCUT2D eigenvalue weighted by Gasteiger charge is -2.13. The lowest BCUT2D eigenvalue weighted by Crippen LogP contribution is -2.33. The Morgan fingerprint density at radius 1 is 1.24 bits per heavy atom. The maximum absolute atomic E-state index is 11.8. The molecule has 1 heterocycles. The van der Waals surface area contributed by atoms with Crippen molar-refractivity contribution < 1.29 is 14.7 Å². The number of thiophene rings is 1. The van der Waals surface area contributed by atoms with E-state index in [0.717, 1.165) is 11.1 Å². The van der Waals surface area contributed by atoms with Gasteiger partial charge in [-0.2, -0.15) is 11.3 Å². The molecular weight excluding hydrogens is 286 g/mol. The number of aryl methyl sites for hydroxylation is 1. The van der Waals surface area contributed by atoms with Crippen LogP contribution in [0.15, 0.2) is 41.1 Å². The first-order valence-electron chi connectivity index (χ1n) is 6.65. The van der Waals surface area contributed by atoms with Crippen molar-refractivity contribution >= 4 is 23.2 Å². The van der Waals surface area contributed by atoms with E-state index in [-0.39, 0.29) is 12.5 Å². The fraction of sp³-hybridized carbons (Fsp3) is 0.250. The maximum Gasteiger partial charge on any atom is 0.308 e. The summed E-state index contributed by atoms with van der Waals surface area (Å²) in [4.78, 5) is 23.2. The van der Waals surface area contributed by atoms with Gasteiger partial charge in [0.2, 0.25) is 0 Å². The summed E-state index contributed by atoms with van der Waals surface area (Å²) in [6.45, 7) is 2.11. The minimum Gasteiger partial charge on any atom is -0.481 e. The molecule has 5 heteroatoms. The topological polar surface area (TPSA) is 66.4 Å². The van der Waals surface area contributed by atoms with Gasteiger partial charge in [-0.05, 0) is 30.4 Å². The van der Waals surface area contributed by atoms with Gasteiger partial charge in [-0.3, -0.25) is 9.59 Å². The molecule has 0 fully saturated rings. The number of carboxylic acids is 1. The normalized spacial score (nSPS) is 11.9. The lowest BCUT2D eigenvalue weighted by molar-refractivity contribution is -0.141. The van der Waals surface area contributed by atoms with Crippen LogP contribution in [0.5, 0.6) is 0 Å². The van der Waals surface area contributed by atoms with Crippen LogP contribution in [0, 0.1) is 12.8 Å². The minimum absolute atomic E-state index is 0.123. The molecule has 2 aromatic rings. The third-order valence-corrected chi connectivity index (χ3v) is 3.93. The summed E-state index contributed by atoms with van der Waals surface area (Å²) in [5.41, 5.74) is 2.66. The van der Waals surface area contributed by atoms with Gasteiger partial charge in [0.05, 0.1) is 5.92 Å². The smallest absolute Gasteiger partial charge is 0.308 e. The number of carbonyl (C=O) groups excluding carboxylic acids is 1. The fourth-order valence-corrected chi connectivity index (χ4v) is 2.60. The van der Waals surface area contributed by atoms with Crippen molar-refractivity contribution in [2.24, 2.45) is 5.92 Å². The van der Waals surface area contributed by atoms with Crippen LogP contribution >= 0.6 is 11.3 Å². The summed E-state index contributed by atoms with van der Waals surface area (Å²) in [7, 11) is 0. The molecule has 2 rings (SSSR count). The Morgan fingerprint density at radius 3 is 2.52 bits per heavy atom. The zero-order valence-corrected chi connectivity index (χ0v) is 12.5. The second-order valence-electron chi connectivity index (χ2n) is 4.95. The van der Waals surface area contributed by atoms with Crippen LogP contribution in [-0.4, -0.2) is 23.5 Å². The second kappa shape index (κ2) is 7.04. The van der Waals surface area contributed by atoms with Gasteiger partial charge in [0.15, 0.2) is 0 Å². The highest BCUT2D eigenvalue weighted by molar-refractivity contribution is 7.08. The van der Waals surface area contributed by atoms with Gasteiger partial charge in [0.1, 0.15) is 0 Å². The number of hydrogen-bond acceptors (Lipinski definition) is 3. The summed E-state index contributed by atoms with van der Waals surface area (Å²) < 4.78 is 0. The first-order chi connectivity index (χ1) is 10.1. The highest BCUT2D eigenvalue weighted by atomic mass is 32.1. The number of carboxylic acid groups (broad SMARTS) is 1. The number of nitrogens with one attached hydrogen (secondary N) is 1. The molecule has 0 radical (unpaired) electrons. The maximum atomic E-state index is 11.8. The summed E-state index contributed by atoms with van der Waals surface area (Å²) in [6.07, 6.45) is 0.402.